The molecule has 2 aromatic rings. The maximum atomic E-state index is 12.6. The van der Waals surface area contributed by atoms with Crippen LogP contribution >= 0.6 is 0 Å². The number of hydrogen-bond acceptors (Lipinski definition) is 2. The molecule has 5 nitrogen and oxygen atoms in total. The van der Waals surface area contributed by atoms with Crippen molar-refractivity contribution >= 4 is 11.9 Å². The molecule has 0 aliphatic carbocycles. The number of benzene rings is 2. The van der Waals surface area contributed by atoms with Crippen LogP contribution in [0.15, 0.2) is 48.5 Å². The highest BCUT2D eigenvalue weighted by molar-refractivity contribution is 5.94. The first-order chi connectivity index (χ1) is 11.4. The minimum absolute atomic E-state index is 0.0192. The molecule has 24 heavy (non-hydrogen) atoms. The van der Waals surface area contributed by atoms with E-state index in [-0.39, 0.29) is 11.9 Å². The van der Waals surface area contributed by atoms with Crippen molar-refractivity contribution in [2.24, 2.45) is 5.73 Å². The normalized spacial score (nSPS) is 11.6. The number of aryl methyl sites for hydroxylation is 1. The number of nitrogens with zero attached hydrogens (tertiary/aromatic N) is 1. The molecule has 0 aliphatic heterocycles. The summed E-state index contributed by atoms with van der Waals surface area (Å²) in [5.41, 5.74) is 8.83. The van der Waals surface area contributed by atoms with Gasteiger partial charge in [-0.25, -0.2) is 4.79 Å². The predicted octanol–water partition coefficient (Wildman–Crippen LogP) is 3.00. The number of nitrogens with two attached hydrogens (primary N) is 1. The molecule has 3 amide bonds. The molecular weight excluding hydrogens is 302 g/mol. The van der Waals surface area contributed by atoms with Crippen molar-refractivity contribution in [3.05, 3.63) is 70.8 Å². The molecule has 0 fully saturated rings. The summed E-state index contributed by atoms with van der Waals surface area (Å²) >= 11 is 0. The molecule has 0 saturated carbocycles. The third-order valence-electron chi connectivity index (χ3n) is 4.13. The Bertz CT molecular complexity index is 708. The van der Waals surface area contributed by atoms with Crippen LogP contribution in [0, 0.1) is 6.92 Å². The van der Waals surface area contributed by atoms with Crippen LogP contribution in [0.25, 0.3) is 0 Å². The van der Waals surface area contributed by atoms with E-state index in [1.165, 1.54) is 5.56 Å². The van der Waals surface area contributed by atoms with Gasteiger partial charge in [0.2, 0.25) is 0 Å². The van der Waals surface area contributed by atoms with Crippen LogP contribution in [0.3, 0.4) is 0 Å². The van der Waals surface area contributed by atoms with Crippen LogP contribution in [0.1, 0.15) is 40.0 Å². The zero-order valence-electron chi connectivity index (χ0n) is 14.2. The largest absolute Gasteiger partial charge is 0.352 e. The Morgan fingerprint density at radius 1 is 1.08 bits per heavy atom. The summed E-state index contributed by atoms with van der Waals surface area (Å²) in [6, 6.07) is 14.7. The zero-order valence-corrected chi connectivity index (χ0v) is 14.2. The molecule has 2 rings (SSSR count). The molecule has 3 N–H and O–H groups in total. The number of amides is 3. The van der Waals surface area contributed by atoms with Crippen LogP contribution in [0.5, 0.6) is 0 Å². The first kappa shape index (κ1) is 17.5. The molecule has 0 aromatic heterocycles. The van der Waals surface area contributed by atoms with Crippen molar-refractivity contribution in [1.29, 1.82) is 0 Å². The lowest BCUT2D eigenvalue weighted by Gasteiger charge is -2.25. The lowest BCUT2D eigenvalue weighted by molar-refractivity contribution is 0.0742. The van der Waals surface area contributed by atoms with E-state index in [4.69, 9.17) is 5.73 Å². The Labute approximate surface area is 142 Å². The molecular formula is C19H23N3O2. The molecule has 0 bridgehead atoms. The van der Waals surface area contributed by atoms with Crippen molar-refractivity contribution in [2.45, 2.75) is 26.4 Å². The molecule has 0 aliphatic rings. The number of primary amides is 1. The van der Waals surface area contributed by atoms with E-state index in [1.807, 2.05) is 50.2 Å². The van der Waals surface area contributed by atoms with Crippen LogP contribution in [0.2, 0.25) is 0 Å². The van der Waals surface area contributed by atoms with E-state index in [9.17, 15) is 9.59 Å². The number of hydrogen-bond donors (Lipinski definition) is 2. The smallest absolute Gasteiger partial charge is 0.312 e. The fourth-order valence-corrected chi connectivity index (χ4v) is 2.40. The van der Waals surface area contributed by atoms with Gasteiger partial charge in [-0.2, -0.15) is 0 Å². The van der Waals surface area contributed by atoms with E-state index >= 15 is 0 Å². The summed E-state index contributed by atoms with van der Waals surface area (Å²) in [6.45, 7) is 4.39. The van der Waals surface area contributed by atoms with Crippen LogP contribution in [-0.2, 0) is 6.54 Å². The Balaban J connectivity index is 2.06. The molecule has 0 heterocycles. The van der Waals surface area contributed by atoms with Gasteiger partial charge in [0.1, 0.15) is 0 Å². The van der Waals surface area contributed by atoms with E-state index in [0.29, 0.717) is 12.1 Å². The Hall–Kier alpha value is -2.82. The van der Waals surface area contributed by atoms with Gasteiger partial charge in [-0.05, 0) is 37.1 Å². The highest BCUT2D eigenvalue weighted by atomic mass is 16.2. The highest BCUT2D eigenvalue weighted by Crippen LogP contribution is 2.21. The topological polar surface area (TPSA) is 75.4 Å². The predicted molar refractivity (Wildman–Crippen MR) is 94.6 cm³/mol. The molecule has 0 spiro atoms. The van der Waals surface area contributed by atoms with E-state index in [2.05, 4.69) is 5.32 Å². The molecule has 5 heteroatoms. The minimum atomic E-state index is -0.568. The Morgan fingerprint density at radius 3 is 2.21 bits per heavy atom. The number of carbonyl (C=O) groups is 2. The van der Waals surface area contributed by atoms with Crippen molar-refractivity contribution in [3.8, 4) is 0 Å². The fraction of sp³-hybridized carbons (Fsp3) is 0.263. The first-order valence-corrected chi connectivity index (χ1v) is 7.84. The van der Waals surface area contributed by atoms with Gasteiger partial charge >= 0.3 is 6.03 Å². The number of rotatable bonds is 5. The summed E-state index contributed by atoms with van der Waals surface area (Å²) in [5, 5.41) is 2.52. The lowest BCUT2D eigenvalue weighted by Crippen LogP contribution is -2.30. The summed E-state index contributed by atoms with van der Waals surface area (Å²) < 4.78 is 0. The van der Waals surface area contributed by atoms with Gasteiger partial charge in [-0.1, -0.05) is 42.0 Å². The molecule has 1 unspecified atom stereocenters. The third kappa shape index (κ3) is 4.35. The second kappa shape index (κ2) is 7.64. The third-order valence-corrected chi connectivity index (χ3v) is 4.13. The average molecular weight is 325 g/mol. The van der Waals surface area contributed by atoms with Crippen molar-refractivity contribution in [2.75, 3.05) is 7.05 Å². The van der Waals surface area contributed by atoms with Gasteiger partial charge < -0.3 is 16.0 Å². The quantitative estimate of drug-likeness (QED) is 0.886. The van der Waals surface area contributed by atoms with Crippen LogP contribution in [0.4, 0.5) is 4.79 Å². The summed E-state index contributed by atoms with van der Waals surface area (Å²) in [6.07, 6.45) is 0. The van der Waals surface area contributed by atoms with Crippen LogP contribution in [-0.4, -0.2) is 23.9 Å². The van der Waals surface area contributed by atoms with Gasteiger partial charge in [-0.15, -0.1) is 0 Å². The van der Waals surface area contributed by atoms with Gasteiger partial charge in [-0.3, -0.25) is 4.79 Å². The van der Waals surface area contributed by atoms with Crippen molar-refractivity contribution in [1.82, 2.24) is 10.2 Å². The molecule has 2 aromatic carbocycles. The summed E-state index contributed by atoms with van der Waals surface area (Å²) in [5.74, 6) is -0.0440. The Kier molecular flexibility index (Phi) is 5.58. The number of nitrogens with one attached hydrogen (secondary N) is 1. The van der Waals surface area contributed by atoms with Crippen molar-refractivity contribution in [3.63, 3.8) is 0 Å². The van der Waals surface area contributed by atoms with E-state index in [0.717, 1.165) is 11.1 Å². The highest BCUT2D eigenvalue weighted by Gasteiger charge is 2.18. The molecule has 126 valence electrons. The van der Waals surface area contributed by atoms with Crippen LogP contribution < -0.4 is 11.1 Å². The molecule has 0 radical (unpaired) electrons. The average Bonchev–Trinajstić information content (AvgIpc) is 2.59. The zero-order chi connectivity index (χ0) is 17.7. The van der Waals surface area contributed by atoms with Gasteiger partial charge in [0.05, 0.1) is 6.04 Å². The molecule has 0 saturated heterocycles. The number of urea groups is 1. The van der Waals surface area contributed by atoms with Crippen molar-refractivity contribution < 1.29 is 9.59 Å². The second-order valence-electron chi connectivity index (χ2n) is 5.92. The monoisotopic (exact) mass is 325 g/mol. The molecule has 1 atom stereocenters. The lowest BCUT2D eigenvalue weighted by atomic mass is 10.0. The Morgan fingerprint density at radius 2 is 1.67 bits per heavy atom. The van der Waals surface area contributed by atoms with E-state index in [1.54, 1.807) is 24.1 Å². The fourth-order valence-electron chi connectivity index (χ4n) is 2.40. The maximum absolute atomic E-state index is 12.6. The minimum Gasteiger partial charge on any atom is -0.352 e. The van der Waals surface area contributed by atoms with Gasteiger partial charge in [0.25, 0.3) is 5.91 Å². The summed E-state index contributed by atoms with van der Waals surface area (Å²) in [7, 11) is 1.80. The van der Waals surface area contributed by atoms with Gasteiger partial charge in [0.15, 0.2) is 0 Å². The first-order valence-electron chi connectivity index (χ1n) is 7.84. The number of carbonyl (C=O) groups excluding carboxylic acids is 2. The SMILES string of the molecule is Cc1ccc(C(C)N(C)C(=O)c2ccc(CNC(N)=O)cc2)cc1. The standard InChI is InChI=1S/C19H23N3O2/c1-13-4-8-16(9-5-13)14(2)22(3)18(23)17-10-6-15(7-11-17)12-21-19(20)24/h4-11,14H,12H2,1-3H3,(H3,20,21,24). The maximum Gasteiger partial charge on any atom is 0.312 e. The van der Waals surface area contributed by atoms with E-state index < -0.39 is 6.03 Å². The van der Waals surface area contributed by atoms with Gasteiger partial charge in [0, 0.05) is 19.2 Å². The second-order valence-corrected chi connectivity index (χ2v) is 5.92. The summed E-state index contributed by atoms with van der Waals surface area (Å²) in [4.78, 5) is 25.1.